The van der Waals surface area contributed by atoms with Crippen molar-refractivity contribution in [2.24, 2.45) is 11.8 Å². The van der Waals surface area contributed by atoms with Crippen LogP contribution in [0.25, 0.3) is 0 Å². The molecule has 192 valence electrons. The van der Waals surface area contributed by atoms with Gasteiger partial charge in [-0.1, -0.05) is 18.8 Å². The number of carbonyl (C=O) groups is 1. The number of amides is 1. The third-order valence-electron chi connectivity index (χ3n) is 6.65. The van der Waals surface area contributed by atoms with E-state index < -0.39 is 22.2 Å². The highest BCUT2D eigenvalue weighted by atomic mass is 32.2. The second-order valence-corrected chi connectivity index (χ2v) is 11.6. The van der Waals surface area contributed by atoms with Crippen molar-refractivity contribution in [3.8, 4) is 17.6 Å². The fourth-order valence-corrected chi connectivity index (χ4v) is 5.94. The zero-order valence-electron chi connectivity index (χ0n) is 20.9. The number of aromatic nitrogens is 1. The first kappa shape index (κ1) is 26.1. The van der Waals surface area contributed by atoms with Crippen molar-refractivity contribution in [3.63, 3.8) is 0 Å². The van der Waals surface area contributed by atoms with E-state index in [-0.39, 0.29) is 48.6 Å². The summed E-state index contributed by atoms with van der Waals surface area (Å²) < 4.78 is 34.8. The van der Waals surface area contributed by atoms with E-state index >= 15 is 0 Å². The average Bonchev–Trinajstić information content (AvgIpc) is 3.69. The Balaban J connectivity index is 1.64. The Morgan fingerprint density at radius 1 is 1.28 bits per heavy atom. The van der Waals surface area contributed by atoms with Gasteiger partial charge < -0.3 is 14.7 Å². The van der Waals surface area contributed by atoms with Crippen molar-refractivity contribution in [2.75, 3.05) is 26.7 Å². The minimum Gasteiger partial charge on any atom is -0.487 e. The van der Waals surface area contributed by atoms with E-state index in [0.29, 0.717) is 11.5 Å². The lowest BCUT2D eigenvalue weighted by Crippen LogP contribution is -2.50. The molecular formula is C27H33N3O5S. The van der Waals surface area contributed by atoms with Crippen LogP contribution in [0, 0.1) is 23.7 Å². The van der Waals surface area contributed by atoms with Crippen LogP contribution in [0.2, 0.25) is 0 Å². The molecule has 0 radical (unpaired) electrons. The maximum absolute atomic E-state index is 13.6. The van der Waals surface area contributed by atoms with Crippen molar-refractivity contribution in [3.05, 3.63) is 53.9 Å². The molecule has 36 heavy (non-hydrogen) atoms. The molecule has 1 aliphatic carbocycles. The molecule has 9 heteroatoms. The molecule has 8 nitrogen and oxygen atoms in total. The molecule has 4 rings (SSSR count). The summed E-state index contributed by atoms with van der Waals surface area (Å²) in [5, 5.41) is 9.80. The third kappa shape index (κ3) is 6.06. The maximum atomic E-state index is 13.6. The van der Waals surface area contributed by atoms with Crippen molar-refractivity contribution in [2.45, 2.75) is 50.2 Å². The summed E-state index contributed by atoms with van der Waals surface area (Å²) in [6.45, 7) is 3.72. The number of likely N-dealkylation sites (N-methyl/N-ethyl adjacent to an activating group) is 1. The molecule has 1 saturated carbocycles. The van der Waals surface area contributed by atoms with Crippen LogP contribution in [0.15, 0.2) is 47.6 Å². The Hall–Kier alpha value is -2.93. The zero-order chi connectivity index (χ0) is 25.9. The minimum atomic E-state index is -3.92. The number of nitrogens with zero attached hydrogens (tertiary/aromatic N) is 3. The van der Waals surface area contributed by atoms with Gasteiger partial charge in [-0.15, -0.1) is 0 Å². The highest BCUT2D eigenvalue weighted by Gasteiger charge is 2.38. The molecule has 1 N–H and O–H groups in total. The molecule has 3 atom stereocenters. The van der Waals surface area contributed by atoms with Crippen LogP contribution in [0.3, 0.4) is 0 Å². The number of sulfonamides is 1. The molecule has 0 spiro atoms. The molecule has 2 aliphatic rings. The van der Waals surface area contributed by atoms with Crippen molar-refractivity contribution in [1.82, 2.24) is 14.2 Å². The van der Waals surface area contributed by atoms with E-state index in [1.165, 1.54) is 10.4 Å². The number of fused-ring (bicyclic) bond motifs is 1. The number of hydrogen-bond acceptors (Lipinski definition) is 6. The Kier molecular flexibility index (Phi) is 7.98. The summed E-state index contributed by atoms with van der Waals surface area (Å²) in [5.74, 6) is 6.63. The largest absolute Gasteiger partial charge is 0.487 e. The number of benzene rings is 1. The van der Waals surface area contributed by atoms with Gasteiger partial charge in [0, 0.05) is 49.4 Å². The smallest absolute Gasteiger partial charge is 0.247 e. The zero-order valence-corrected chi connectivity index (χ0v) is 21.7. The Morgan fingerprint density at radius 3 is 2.67 bits per heavy atom. The third-order valence-corrected chi connectivity index (χ3v) is 8.67. The van der Waals surface area contributed by atoms with E-state index in [1.807, 2.05) is 6.92 Å². The molecule has 0 unspecified atom stereocenters. The summed E-state index contributed by atoms with van der Waals surface area (Å²) in [4.78, 5) is 18.6. The van der Waals surface area contributed by atoms with Crippen LogP contribution < -0.4 is 4.74 Å². The molecular weight excluding hydrogens is 478 g/mol. The quantitative estimate of drug-likeness (QED) is 0.598. The molecule has 0 saturated heterocycles. The molecule has 1 aromatic heterocycles. The fourth-order valence-electron chi connectivity index (χ4n) is 4.12. The maximum Gasteiger partial charge on any atom is 0.247 e. The van der Waals surface area contributed by atoms with Gasteiger partial charge in [-0.25, -0.2) is 8.42 Å². The molecule has 1 amide bonds. The number of carbonyl (C=O) groups excluding carboxylic acids is 1. The standard InChI is InChI=1S/C27H33N3O5S/c1-19-16-30(20(2)18-31)36(33,34)26-9-8-22(7-6-21-4-5-21)14-24(26)35-25(19)17-29(3)27(32)15-23-10-12-28-13-11-23/h8-14,19-21,25,31H,4-5,15-18H2,1-3H3/t19-,20-,25-/m1/s1. The van der Waals surface area contributed by atoms with Crippen molar-refractivity contribution < 1.29 is 23.1 Å². The van der Waals surface area contributed by atoms with Crippen LogP contribution in [-0.4, -0.2) is 72.5 Å². The summed E-state index contributed by atoms with van der Waals surface area (Å²) in [7, 11) is -2.19. The van der Waals surface area contributed by atoms with Gasteiger partial charge in [0.05, 0.1) is 19.6 Å². The Labute approximate surface area is 213 Å². The SMILES string of the molecule is C[C@@H]1CN([C@H](C)CO)S(=O)(=O)c2ccc(C#CC3CC3)cc2O[C@@H]1CN(C)C(=O)Cc1ccncc1. The first-order valence-electron chi connectivity index (χ1n) is 12.3. The minimum absolute atomic E-state index is 0.0439. The van der Waals surface area contributed by atoms with Gasteiger partial charge in [0.25, 0.3) is 0 Å². The predicted molar refractivity (Wildman–Crippen MR) is 136 cm³/mol. The molecule has 1 aliphatic heterocycles. The van der Waals surface area contributed by atoms with Gasteiger partial charge in [-0.3, -0.25) is 9.78 Å². The molecule has 1 aromatic carbocycles. The number of pyridine rings is 1. The topological polar surface area (TPSA) is 100 Å². The van der Waals surface area contributed by atoms with E-state index in [2.05, 4.69) is 16.8 Å². The number of aliphatic hydroxyl groups is 1. The Morgan fingerprint density at radius 2 is 2.00 bits per heavy atom. The van der Waals surface area contributed by atoms with Crippen molar-refractivity contribution >= 4 is 15.9 Å². The van der Waals surface area contributed by atoms with E-state index in [0.717, 1.165) is 18.4 Å². The first-order valence-corrected chi connectivity index (χ1v) is 13.7. The van der Waals surface area contributed by atoms with Crippen LogP contribution in [0.1, 0.15) is 37.8 Å². The van der Waals surface area contributed by atoms with Crippen LogP contribution >= 0.6 is 0 Å². The van der Waals surface area contributed by atoms with E-state index in [4.69, 9.17) is 4.74 Å². The monoisotopic (exact) mass is 511 g/mol. The average molecular weight is 512 g/mol. The summed E-state index contributed by atoms with van der Waals surface area (Å²) >= 11 is 0. The normalized spacial score (nSPS) is 22.1. The summed E-state index contributed by atoms with van der Waals surface area (Å²) in [5.41, 5.74) is 1.55. The molecule has 2 aromatic rings. The van der Waals surface area contributed by atoms with Gasteiger partial charge >= 0.3 is 0 Å². The number of hydrogen-bond donors (Lipinski definition) is 1. The fraction of sp³-hybridized carbons (Fsp3) is 0.481. The number of aliphatic hydroxyl groups excluding tert-OH is 1. The lowest BCUT2D eigenvalue weighted by atomic mass is 10.0. The van der Waals surface area contributed by atoms with Gasteiger partial charge in [0.2, 0.25) is 15.9 Å². The second-order valence-electron chi connectivity index (χ2n) is 9.75. The van der Waals surface area contributed by atoms with Crippen LogP contribution in [0.5, 0.6) is 5.75 Å². The molecule has 1 fully saturated rings. The molecule has 2 heterocycles. The number of rotatable bonds is 6. The van der Waals surface area contributed by atoms with Crippen LogP contribution in [0.4, 0.5) is 0 Å². The summed E-state index contributed by atoms with van der Waals surface area (Å²) in [6.07, 6.45) is 5.26. The number of ether oxygens (including phenoxy) is 1. The van der Waals surface area contributed by atoms with Crippen LogP contribution in [-0.2, 0) is 21.2 Å². The predicted octanol–water partition coefficient (Wildman–Crippen LogP) is 2.31. The van der Waals surface area contributed by atoms with E-state index in [1.54, 1.807) is 55.5 Å². The Bertz CT molecular complexity index is 1250. The molecule has 0 bridgehead atoms. The van der Waals surface area contributed by atoms with Crippen molar-refractivity contribution in [1.29, 1.82) is 0 Å². The van der Waals surface area contributed by atoms with E-state index in [9.17, 15) is 18.3 Å². The highest BCUT2D eigenvalue weighted by Crippen LogP contribution is 2.34. The van der Waals surface area contributed by atoms with Gasteiger partial charge in [-0.05, 0) is 55.7 Å². The first-order chi connectivity index (χ1) is 17.2. The summed E-state index contributed by atoms with van der Waals surface area (Å²) in [6, 6.07) is 7.91. The lowest BCUT2D eigenvalue weighted by molar-refractivity contribution is -0.130. The second kappa shape index (κ2) is 11.0. The van der Waals surface area contributed by atoms with Gasteiger partial charge in [0.15, 0.2) is 0 Å². The van der Waals surface area contributed by atoms with Gasteiger partial charge in [-0.2, -0.15) is 4.31 Å². The lowest BCUT2D eigenvalue weighted by Gasteiger charge is -2.37. The van der Waals surface area contributed by atoms with Gasteiger partial charge in [0.1, 0.15) is 16.7 Å². The highest BCUT2D eigenvalue weighted by molar-refractivity contribution is 7.89.